The maximum absolute atomic E-state index is 2.38. The van der Waals surface area contributed by atoms with Gasteiger partial charge in [-0.3, -0.25) is 0 Å². The quantitative estimate of drug-likeness (QED) is 0.126. The molecular weight excluding hydrogens is 680 g/mol. The van der Waals surface area contributed by atoms with Gasteiger partial charge in [-0.05, 0) is 0 Å². The first-order valence-electron chi connectivity index (χ1n) is 17.9. The molecular formula is C50H36Se. The number of benzene rings is 9. The molecule has 9 aromatic carbocycles. The van der Waals surface area contributed by atoms with Crippen LogP contribution in [-0.4, -0.2) is 14.5 Å². The summed E-state index contributed by atoms with van der Waals surface area (Å²) in [7, 11) is 0. The molecule has 1 heteroatoms. The van der Waals surface area contributed by atoms with Crippen LogP contribution >= 0.6 is 0 Å². The van der Waals surface area contributed by atoms with Gasteiger partial charge in [-0.25, -0.2) is 0 Å². The predicted octanol–water partition coefficient (Wildman–Crippen LogP) is 14.0. The van der Waals surface area contributed by atoms with Crippen molar-refractivity contribution in [2.75, 3.05) is 0 Å². The summed E-state index contributed by atoms with van der Waals surface area (Å²) in [4.78, 5) is 0. The molecule has 1 heterocycles. The van der Waals surface area contributed by atoms with Gasteiger partial charge >= 0.3 is 306 Å². The Kier molecular flexibility index (Phi) is 6.87. The van der Waals surface area contributed by atoms with E-state index < -0.39 is 0 Å². The first kappa shape index (κ1) is 30.4. The molecule has 10 rings (SSSR count). The molecule has 0 aliphatic heterocycles. The third-order valence-corrected chi connectivity index (χ3v) is 13.3. The molecule has 0 saturated heterocycles. The fourth-order valence-corrected chi connectivity index (χ4v) is 11.4. The van der Waals surface area contributed by atoms with Crippen LogP contribution in [0.2, 0.25) is 0 Å². The van der Waals surface area contributed by atoms with Crippen LogP contribution in [0.1, 0.15) is 26.3 Å². The molecule has 0 atom stereocenters. The molecule has 0 spiro atoms. The Morgan fingerprint density at radius 3 is 1.31 bits per heavy atom. The van der Waals surface area contributed by atoms with E-state index in [0.29, 0.717) is 0 Å². The zero-order valence-electron chi connectivity index (χ0n) is 29.0. The minimum atomic E-state index is 0.00257. The van der Waals surface area contributed by atoms with Crippen molar-refractivity contribution in [3.05, 3.63) is 169 Å². The molecule has 242 valence electrons. The van der Waals surface area contributed by atoms with Gasteiger partial charge in [-0.2, -0.15) is 0 Å². The summed E-state index contributed by atoms with van der Waals surface area (Å²) >= 11 is 0.147. The van der Waals surface area contributed by atoms with Crippen molar-refractivity contribution < 1.29 is 0 Å². The van der Waals surface area contributed by atoms with Crippen LogP contribution in [0.25, 0.3) is 95.8 Å². The molecule has 0 nitrogen and oxygen atoms in total. The predicted molar refractivity (Wildman–Crippen MR) is 223 cm³/mol. The molecule has 0 fully saturated rings. The molecule has 0 aliphatic carbocycles. The topological polar surface area (TPSA) is 0 Å². The second-order valence-corrected chi connectivity index (χ2v) is 17.0. The molecule has 0 bridgehead atoms. The van der Waals surface area contributed by atoms with Gasteiger partial charge in [0.1, 0.15) is 0 Å². The van der Waals surface area contributed by atoms with Crippen molar-refractivity contribution in [2.24, 2.45) is 0 Å². The molecule has 0 unspecified atom stereocenters. The first-order chi connectivity index (χ1) is 25.0. The maximum atomic E-state index is 2.38. The summed E-state index contributed by atoms with van der Waals surface area (Å²) in [6.45, 7) is 7.05. The van der Waals surface area contributed by atoms with Gasteiger partial charge < -0.3 is 0 Å². The van der Waals surface area contributed by atoms with Gasteiger partial charge in [0.05, 0.1) is 0 Å². The summed E-state index contributed by atoms with van der Waals surface area (Å²) < 4.78 is 2.94. The van der Waals surface area contributed by atoms with Crippen LogP contribution in [0.5, 0.6) is 0 Å². The van der Waals surface area contributed by atoms with Crippen LogP contribution in [0.4, 0.5) is 0 Å². The Morgan fingerprint density at radius 1 is 0.353 bits per heavy atom. The molecule has 10 aromatic rings. The van der Waals surface area contributed by atoms with Crippen LogP contribution in [0, 0.1) is 0 Å². The zero-order chi connectivity index (χ0) is 34.3. The van der Waals surface area contributed by atoms with E-state index in [1.807, 2.05) is 0 Å². The second-order valence-electron chi connectivity index (χ2n) is 14.8. The van der Waals surface area contributed by atoms with E-state index in [9.17, 15) is 0 Å². The second kappa shape index (κ2) is 11.5. The molecule has 0 N–H and O–H groups in total. The van der Waals surface area contributed by atoms with E-state index >= 15 is 0 Å². The summed E-state index contributed by atoms with van der Waals surface area (Å²) in [5.74, 6) is 0. The summed E-state index contributed by atoms with van der Waals surface area (Å²) in [5, 5.41) is 13.4. The Labute approximate surface area is 304 Å². The first-order valence-corrected chi connectivity index (χ1v) is 19.6. The Hall–Kier alpha value is -5.46. The van der Waals surface area contributed by atoms with Crippen molar-refractivity contribution in [3.63, 3.8) is 0 Å². The fourth-order valence-electron chi connectivity index (χ4n) is 8.81. The summed E-state index contributed by atoms with van der Waals surface area (Å²) in [6.07, 6.45) is 0. The Balaban J connectivity index is 1.32. The van der Waals surface area contributed by atoms with Gasteiger partial charge in [0, 0.05) is 0 Å². The van der Waals surface area contributed by atoms with Gasteiger partial charge in [-0.1, -0.05) is 0 Å². The number of hydrogen-bond acceptors (Lipinski definition) is 0. The van der Waals surface area contributed by atoms with Crippen LogP contribution < -0.4 is 0 Å². The van der Waals surface area contributed by atoms with Gasteiger partial charge in [0.15, 0.2) is 0 Å². The molecule has 0 amide bonds. The average Bonchev–Trinajstić information content (AvgIpc) is 3.55. The molecule has 0 saturated carbocycles. The van der Waals surface area contributed by atoms with Crippen molar-refractivity contribution in [2.45, 2.75) is 26.2 Å². The van der Waals surface area contributed by atoms with Gasteiger partial charge in [-0.15, -0.1) is 0 Å². The van der Waals surface area contributed by atoms with E-state index in [2.05, 4.69) is 185 Å². The molecule has 51 heavy (non-hydrogen) atoms. The third kappa shape index (κ3) is 4.59. The number of hydrogen-bond donors (Lipinski definition) is 0. The van der Waals surface area contributed by atoms with E-state index in [4.69, 9.17) is 0 Å². The van der Waals surface area contributed by atoms with E-state index in [1.54, 1.807) is 0 Å². The SMILES string of the molecule is CC(C)(C)c1c2ccccc2c(-c2cccc3[se]c4c(-c5c6ccccc6c(-c6ccccc6)c6ccccc56)cccc4c23)c2ccccc12. The summed E-state index contributed by atoms with van der Waals surface area (Å²) in [5.41, 5.74) is 9.39. The van der Waals surface area contributed by atoms with Gasteiger partial charge in [0.2, 0.25) is 0 Å². The van der Waals surface area contributed by atoms with Crippen LogP contribution in [-0.2, 0) is 5.41 Å². The number of rotatable bonds is 3. The van der Waals surface area contributed by atoms with Crippen LogP contribution in [0.15, 0.2) is 164 Å². The van der Waals surface area contributed by atoms with Crippen molar-refractivity contribution in [1.29, 1.82) is 0 Å². The Morgan fingerprint density at radius 2 is 0.765 bits per heavy atom. The van der Waals surface area contributed by atoms with Crippen LogP contribution in [0.3, 0.4) is 0 Å². The van der Waals surface area contributed by atoms with Crippen molar-refractivity contribution in [1.82, 2.24) is 0 Å². The van der Waals surface area contributed by atoms with Crippen molar-refractivity contribution in [3.8, 4) is 33.4 Å². The third-order valence-electron chi connectivity index (χ3n) is 10.7. The minimum absolute atomic E-state index is 0.00257. The summed E-state index contributed by atoms with van der Waals surface area (Å²) in [6, 6.07) is 61.3. The zero-order valence-corrected chi connectivity index (χ0v) is 30.7. The van der Waals surface area contributed by atoms with Crippen molar-refractivity contribution >= 4 is 76.9 Å². The molecule has 1 aromatic heterocycles. The average molecular weight is 716 g/mol. The van der Waals surface area contributed by atoms with E-state index in [0.717, 1.165) is 0 Å². The molecule has 0 aliphatic rings. The monoisotopic (exact) mass is 716 g/mol. The van der Waals surface area contributed by atoms with E-state index in [1.165, 1.54) is 101 Å². The van der Waals surface area contributed by atoms with E-state index in [-0.39, 0.29) is 19.9 Å². The Bertz CT molecular complexity index is 2880. The number of fused-ring (bicyclic) bond motifs is 7. The standard InChI is InChI=1S/C50H36Se/c1-50(2,3)48-38-25-13-11-23-36(38)45(37-24-12-14-26-39(37)48)40-27-16-30-43-47(40)42-29-15-28-41(49(42)51-43)46-34-21-9-7-19-32(34)44(31-17-5-4-6-18-31)33-20-8-10-22-35(33)46/h4-30H,1-3H3. The fraction of sp³-hybridized carbons (Fsp3) is 0.0800. The molecule has 0 radical (unpaired) electrons. The van der Waals surface area contributed by atoms with Gasteiger partial charge in [0.25, 0.3) is 0 Å². The normalized spacial score (nSPS) is 12.2.